The Labute approximate surface area is 378 Å². The molecule has 10 aromatic carbocycles. The molecule has 0 fully saturated rings. The molecule has 10 aromatic rings. The van der Waals surface area contributed by atoms with Crippen molar-refractivity contribution in [3.05, 3.63) is 242 Å². The molecule has 0 bridgehead atoms. The van der Waals surface area contributed by atoms with Crippen molar-refractivity contribution in [2.24, 2.45) is 0 Å². The SMILES string of the molecule is CC1([Si](C)(C)C)c2cc(N(c3ccccc3)c3ccc(-c4ccccc4)cc3)ccc2-c2c1c1ccc(N(c3ccccc3)c3ccc(-c4ccccc4)cc3)cc1c1ccccc21. The second-order valence-electron chi connectivity index (χ2n) is 18.3. The first-order chi connectivity index (χ1) is 31.3. The van der Waals surface area contributed by atoms with Crippen LogP contribution in [0.25, 0.3) is 54.9 Å². The predicted octanol–water partition coefficient (Wildman–Crippen LogP) is 17.4. The molecule has 308 valence electrons. The van der Waals surface area contributed by atoms with Gasteiger partial charge in [-0.25, -0.2) is 0 Å². The van der Waals surface area contributed by atoms with Gasteiger partial charge in [0.2, 0.25) is 0 Å². The molecule has 0 aliphatic heterocycles. The van der Waals surface area contributed by atoms with Crippen LogP contribution in [0.15, 0.2) is 231 Å². The Morgan fingerprint density at radius 3 is 1.22 bits per heavy atom. The third-order valence-corrected chi connectivity index (χ3v) is 17.4. The fourth-order valence-corrected chi connectivity index (χ4v) is 12.3. The van der Waals surface area contributed by atoms with Crippen molar-refractivity contribution in [2.75, 3.05) is 9.80 Å². The molecular formula is C61H50N2Si. The van der Waals surface area contributed by atoms with Gasteiger partial charge in [0.1, 0.15) is 0 Å². The van der Waals surface area contributed by atoms with Gasteiger partial charge >= 0.3 is 0 Å². The van der Waals surface area contributed by atoms with Gasteiger partial charge in [-0.3, -0.25) is 0 Å². The van der Waals surface area contributed by atoms with Crippen molar-refractivity contribution in [1.29, 1.82) is 0 Å². The van der Waals surface area contributed by atoms with Crippen LogP contribution in [0.5, 0.6) is 0 Å². The lowest BCUT2D eigenvalue weighted by Gasteiger charge is -2.40. The molecule has 0 aromatic heterocycles. The Morgan fingerprint density at radius 1 is 0.328 bits per heavy atom. The zero-order valence-corrected chi connectivity index (χ0v) is 37.8. The molecule has 1 aliphatic rings. The molecule has 0 amide bonds. The Bertz CT molecular complexity index is 3290. The summed E-state index contributed by atoms with van der Waals surface area (Å²) in [5.41, 5.74) is 17.3. The largest absolute Gasteiger partial charge is 0.310 e. The minimum Gasteiger partial charge on any atom is -0.310 e. The number of hydrogen-bond donors (Lipinski definition) is 0. The van der Waals surface area contributed by atoms with E-state index >= 15 is 0 Å². The number of nitrogens with zero attached hydrogens (tertiary/aromatic N) is 2. The van der Waals surface area contributed by atoms with Crippen LogP contribution in [0.3, 0.4) is 0 Å². The molecule has 1 aliphatic carbocycles. The van der Waals surface area contributed by atoms with Crippen LogP contribution >= 0.6 is 0 Å². The topological polar surface area (TPSA) is 6.48 Å². The fourth-order valence-electron chi connectivity index (χ4n) is 10.2. The molecule has 0 heterocycles. The number of fused-ring (bicyclic) bond motifs is 8. The van der Waals surface area contributed by atoms with E-state index in [1.54, 1.807) is 0 Å². The molecule has 0 spiro atoms. The van der Waals surface area contributed by atoms with E-state index in [2.05, 4.69) is 267 Å². The summed E-state index contributed by atoms with van der Waals surface area (Å²) in [6, 6.07) is 84.6. The zero-order chi connectivity index (χ0) is 43.4. The van der Waals surface area contributed by atoms with Crippen LogP contribution in [0.4, 0.5) is 34.1 Å². The summed E-state index contributed by atoms with van der Waals surface area (Å²) in [6.45, 7) is 10.2. The van der Waals surface area contributed by atoms with Crippen molar-refractivity contribution < 1.29 is 0 Å². The van der Waals surface area contributed by atoms with Crippen LogP contribution in [-0.4, -0.2) is 8.07 Å². The van der Waals surface area contributed by atoms with E-state index in [0.717, 1.165) is 28.4 Å². The first kappa shape index (κ1) is 39.4. The van der Waals surface area contributed by atoms with Gasteiger partial charge in [0, 0.05) is 39.2 Å². The summed E-state index contributed by atoms with van der Waals surface area (Å²) in [5.74, 6) is 0. The monoisotopic (exact) mass is 838 g/mol. The first-order valence-corrected chi connectivity index (χ1v) is 25.9. The van der Waals surface area contributed by atoms with Crippen molar-refractivity contribution >= 4 is 63.7 Å². The molecule has 11 rings (SSSR count). The van der Waals surface area contributed by atoms with E-state index in [-0.39, 0.29) is 5.04 Å². The van der Waals surface area contributed by atoms with Gasteiger partial charge in [-0.05, 0) is 139 Å². The zero-order valence-electron chi connectivity index (χ0n) is 36.8. The number of hydrogen-bond acceptors (Lipinski definition) is 2. The maximum Gasteiger partial charge on any atom is 0.0609 e. The second-order valence-corrected chi connectivity index (χ2v) is 23.8. The van der Waals surface area contributed by atoms with Gasteiger partial charge in [0.15, 0.2) is 0 Å². The van der Waals surface area contributed by atoms with Gasteiger partial charge in [0.25, 0.3) is 0 Å². The number of rotatable bonds is 9. The quantitative estimate of drug-likeness (QED) is 0.106. The normalized spacial score (nSPS) is 14.3. The molecular weight excluding hydrogens is 789 g/mol. The van der Waals surface area contributed by atoms with Crippen molar-refractivity contribution in [3.63, 3.8) is 0 Å². The number of benzene rings is 10. The lowest BCUT2D eigenvalue weighted by atomic mass is 9.88. The molecule has 3 heteroatoms. The Hall–Kier alpha value is -7.46. The number of para-hydroxylation sites is 2. The van der Waals surface area contributed by atoms with E-state index in [4.69, 9.17) is 0 Å². The molecule has 0 saturated heterocycles. The summed E-state index contributed by atoms with van der Waals surface area (Å²) in [5, 5.41) is 5.03. The summed E-state index contributed by atoms with van der Waals surface area (Å²) in [4.78, 5) is 4.83. The Kier molecular flexibility index (Phi) is 9.67. The van der Waals surface area contributed by atoms with Crippen molar-refractivity contribution in [2.45, 2.75) is 31.6 Å². The highest BCUT2D eigenvalue weighted by molar-refractivity contribution is 6.80. The third-order valence-electron chi connectivity index (χ3n) is 13.8. The summed E-state index contributed by atoms with van der Waals surface area (Å²) >= 11 is 0. The average molecular weight is 839 g/mol. The lowest BCUT2D eigenvalue weighted by molar-refractivity contribution is 0.807. The highest BCUT2D eigenvalue weighted by Gasteiger charge is 2.50. The standard InChI is InChI=1S/C61H50N2Si/c1-61(64(2,3)4)58-42-52(63(48-25-15-8-16-26-48)50-35-31-46(32-36-50)44-21-11-6-12-22-44)38-40-56(58)59-54-28-18-17-27-53(54)57-41-51(37-39-55(57)60(59)61)62(47-23-13-7-14-24-47)49-33-29-45(30-34-49)43-19-9-5-10-20-43/h5-42H,1-4H3. The van der Waals surface area contributed by atoms with Gasteiger partial charge in [-0.2, -0.15) is 0 Å². The smallest absolute Gasteiger partial charge is 0.0609 e. The molecule has 64 heavy (non-hydrogen) atoms. The molecule has 2 nitrogen and oxygen atoms in total. The maximum absolute atomic E-state index is 2.56. The molecule has 1 atom stereocenters. The van der Waals surface area contributed by atoms with Crippen LogP contribution in [0.1, 0.15) is 18.1 Å². The molecule has 0 radical (unpaired) electrons. The van der Waals surface area contributed by atoms with Crippen molar-refractivity contribution in [1.82, 2.24) is 0 Å². The summed E-state index contributed by atoms with van der Waals surface area (Å²) in [6.07, 6.45) is 0. The predicted molar refractivity (Wildman–Crippen MR) is 277 cm³/mol. The van der Waals surface area contributed by atoms with Crippen molar-refractivity contribution in [3.8, 4) is 33.4 Å². The highest BCUT2D eigenvalue weighted by Crippen LogP contribution is 2.59. The minimum atomic E-state index is -2.02. The van der Waals surface area contributed by atoms with Crippen LogP contribution in [0.2, 0.25) is 19.6 Å². The van der Waals surface area contributed by atoms with E-state index < -0.39 is 8.07 Å². The average Bonchev–Trinajstić information content (AvgIpc) is 3.63. The molecule has 1 unspecified atom stereocenters. The van der Waals surface area contributed by atoms with E-state index in [0.29, 0.717) is 0 Å². The van der Waals surface area contributed by atoms with Gasteiger partial charge in [-0.1, -0.05) is 184 Å². The molecule has 0 saturated carbocycles. The summed E-state index contributed by atoms with van der Waals surface area (Å²) in [7, 11) is -2.02. The summed E-state index contributed by atoms with van der Waals surface area (Å²) < 4.78 is 0. The Balaban J connectivity index is 1.09. The number of anilines is 6. The fraction of sp³-hybridized carbons (Fsp3) is 0.0820. The lowest BCUT2D eigenvalue weighted by Crippen LogP contribution is -2.47. The highest BCUT2D eigenvalue weighted by atomic mass is 28.3. The van der Waals surface area contributed by atoms with Crippen LogP contribution in [-0.2, 0) is 5.04 Å². The van der Waals surface area contributed by atoms with Gasteiger partial charge in [0.05, 0.1) is 8.07 Å². The van der Waals surface area contributed by atoms with Crippen LogP contribution < -0.4 is 9.80 Å². The maximum atomic E-state index is 2.56. The minimum absolute atomic E-state index is 0.191. The van der Waals surface area contributed by atoms with Gasteiger partial charge in [-0.15, -0.1) is 0 Å². The molecule has 0 N–H and O–H groups in total. The Morgan fingerprint density at radius 2 is 0.719 bits per heavy atom. The van der Waals surface area contributed by atoms with Crippen LogP contribution in [0, 0.1) is 0 Å². The van der Waals surface area contributed by atoms with Gasteiger partial charge < -0.3 is 9.80 Å². The first-order valence-electron chi connectivity index (χ1n) is 22.4. The van der Waals surface area contributed by atoms with E-state index in [1.807, 2.05) is 0 Å². The van der Waals surface area contributed by atoms with E-state index in [1.165, 1.54) is 71.7 Å². The second kappa shape index (κ2) is 15.7. The van der Waals surface area contributed by atoms with E-state index in [9.17, 15) is 0 Å². The third kappa shape index (κ3) is 6.55.